The highest BCUT2D eigenvalue weighted by atomic mass is 16.5. The number of fused-ring (bicyclic) bond motifs is 1. The first kappa shape index (κ1) is 17.7. The van der Waals surface area contributed by atoms with Crippen LogP contribution in [0.25, 0.3) is 10.8 Å². The first-order valence-electron chi connectivity index (χ1n) is 8.94. The van der Waals surface area contributed by atoms with Crippen molar-refractivity contribution in [3.05, 3.63) is 77.9 Å². The van der Waals surface area contributed by atoms with Crippen LogP contribution in [0.1, 0.15) is 22.3 Å². The van der Waals surface area contributed by atoms with Gasteiger partial charge in [-0.1, -0.05) is 54.6 Å². The van der Waals surface area contributed by atoms with Gasteiger partial charge in [0.2, 0.25) is 0 Å². The molecule has 0 unspecified atom stereocenters. The summed E-state index contributed by atoms with van der Waals surface area (Å²) >= 11 is 0. The molecule has 6 heteroatoms. The maximum absolute atomic E-state index is 12.3. The molecular formula is C22H18N2O4. The third-order valence-corrected chi connectivity index (χ3v) is 4.61. The fraction of sp³-hybridized carbons (Fsp3) is 0.136. The van der Waals surface area contributed by atoms with Gasteiger partial charge in [-0.2, -0.15) is 5.10 Å². The molecule has 1 aliphatic rings. The largest absolute Gasteiger partial charge is 0.507 e. The summed E-state index contributed by atoms with van der Waals surface area (Å²) in [6.45, 7) is 0.0124. The number of nitrogens with zero attached hydrogens (tertiary/aromatic N) is 2. The topological polar surface area (TPSA) is 79.2 Å². The highest BCUT2D eigenvalue weighted by Crippen LogP contribution is 2.25. The predicted octanol–water partition coefficient (Wildman–Crippen LogP) is 3.34. The van der Waals surface area contributed by atoms with Gasteiger partial charge in [-0.3, -0.25) is 4.79 Å². The number of carbonyl (C=O) groups excluding carboxylic acids is 2. The smallest absolute Gasteiger partial charge is 0.342 e. The van der Waals surface area contributed by atoms with Crippen molar-refractivity contribution in [3.63, 3.8) is 0 Å². The number of esters is 1. The van der Waals surface area contributed by atoms with Crippen molar-refractivity contribution in [1.82, 2.24) is 5.01 Å². The number of benzene rings is 3. The van der Waals surface area contributed by atoms with E-state index in [9.17, 15) is 14.7 Å². The SMILES string of the molecule is O=C(OCC(=O)N1CCC(c2ccccc2)=N1)c1cc2ccccc2cc1O. The van der Waals surface area contributed by atoms with Crippen molar-refractivity contribution in [2.75, 3.05) is 13.2 Å². The van der Waals surface area contributed by atoms with Gasteiger partial charge in [0.25, 0.3) is 5.91 Å². The highest BCUT2D eigenvalue weighted by Gasteiger charge is 2.23. The summed E-state index contributed by atoms with van der Waals surface area (Å²) in [5.74, 6) is -1.33. The van der Waals surface area contributed by atoms with Gasteiger partial charge in [-0.25, -0.2) is 9.80 Å². The quantitative estimate of drug-likeness (QED) is 0.711. The molecule has 0 atom stereocenters. The number of hydrogen-bond donors (Lipinski definition) is 1. The summed E-state index contributed by atoms with van der Waals surface area (Å²) in [7, 11) is 0. The Morgan fingerprint density at radius 3 is 2.43 bits per heavy atom. The van der Waals surface area contributed by atoms with Crippen LogP contribution in [0, 0.1) is 0 Å². The Morgan fingerprint density at radius 2 is 1.68 bits per heavy atom. The molecule has 0 aliphatic carbocycles. The van der Waals surface area contributed by atoms with Crippen LogP contribution in [0.2, 0.25) is 0 Å². The van der Waals surface area contributed by atoms with E-state index in [-0.39, 0.29) is 11.3 Å². The first-order chi connectivity index (χ1) is 13.6. The number of aromatic hydroxyl groups is 1. The van der Waals surface area contributed by atoms with Crippen LogP contribution in [-0.2, 0) is 9.53 Å². The van der Waals surface area contributed by atoms with Gasteiger partial charge in [0, 0.05) is 6.42 Å². The summed E-state index contributed by atoms with van der Waals surface area (Å²) in [6.07, 6.45) is 0.648. The second-order valence-corrected chi connectivity index (χ2v) is 6.47. The van der Waals surface area contributed by atoms with Gasteiger partial charge in [0.15, 0.2) is 6.61 Å². The molecule has 4 rings (SSSR count). The average Bonchev–Trinajstić information content (AvgIpc) is 3.22. The minimum atomic E-state index is -0.747. The number of phenolic OH excluding ortho intramolecular Hbond substituents is 1. The lowest BCUT2D eigenvalue weighted by Gasteiger charge is -2.12. The Labute approximate surface area is 161 Å². The second-order valence-electron chi connectivity index (χ2n) is 6.47. The zero-order valence-corrected chi connectivity index (χ0v) is 15.0. The fourth-order valence-electron chi connectivity index (χ4n) is 3.14. The number of hydrogen-bond acceptors (Lipinski definition) is 5. The Kier molecular flexibility index (Phi) is 4.76. The van der Waals surface area contributed by atoms with E-state index in [1.165, 1.54) is 11.1 Å². The standard InChI is InChI=1S/C22H18N2O4/c25-20-13-17-9-5-4-8-16(17)12-18(20)22(27)28-14-21(26)24-11-10-19(23-24)15-6-2-1-3-7-15/h1-9,12-13,25H,10-11,14H2. The molecule has 0 aromatic heterocycles. The highest BCUT2D eigenvalue weighted by molar-refractivity contribution is 6.03. The van der Waals surface area contributed by atoms with Gasteiger partial charge in [0.1, 0.15) is 11.3 Å². The summed E-state index contributed by atoms with van der Waals surface area (Å²) in [5.41, 5.74) is 1.82. The molecule has 0 fully saturated rings. The first-order valence-corrected chi connectivity index (χ1v) is 8.94. The van der Waals surface area contributed by atoms with Crippen molar-refractivity contribution < 1.29 is 19.4 Å². The van der Waals surface area contributed by atoms with Gasteiger partial charge in [0.05, 0.1) is 12.3 Å². The minimum absolute atomic E-state index is 0.0291. The normalized spacial score (nSPS) is 13.4. The minimum Gasteiger partial charge on any atom is -0.507 e. The van der Waals surface area contributed by atoms with Gasteiger partial charge < -0.3 is 9.84 Å². The van der Waals surface area contributed by atoms with Crippen LogP contribution >= 0.6 is 0 Å². The molecule has 0 spiro atoms. The molecule has 0 saturated heterocycles. The van der Waals surface area contributed by atoms with E-state index in [0.717, 1.165) is 22.0 Å². The van der Waals surface area contributed by atoms with E-state index in [4.69, 9.17) is 4.74 Å². The zero-order valence-electron chi connectivity index (χ0n) is 15.0. The van der Waals surface area contributed by atoms with Crippen LogP contribution in [0.3, 0.4) is 0 Å². The van der Waals surface area contributed by atoms with E-state index < -0.39 is 18.5 Å². The van der Waals surface area contributed by atoms with Crippen LogP contribution in [0.4, 0.5) is 0 Å². The third-order valence-electron chi connectivity index (χ3n) is 4.61. The van der Waals surface area contributed by atoms with Gasteiger partial charge in [-0.15, -0.1) is 0 Å². The van der Waals surface area contributed by atoms with E-state index in [2.05, 4.69) is 5.10 Å². The number of carbonyl (C=O) groups is 2. The monoisotopic (exact) mass is 374 g/mol. The Bertz CT molecular complexity index is 1080. The average molecular weight is 374 g/mol. The van der Waals surface area contributed by atoms with Gasteiger partial charge in [-0.05, 0) is 28.5 Å². The summed E-state index contributed by atoms with van der Waals surface area (Å²) < 4.78 is 5.11. The molecule has 1 aliphatic heterocycles. The van der Waals surface area contributed by atoms with Crippen LogP contribution in [0.15, 0.2) is 71.8 Å². The molecule has 1 N–H and O–H groups in total. The Hall–Kier alpha value is -3.67. The summed E-state index contributed by atoms with van der Waals surface area (Å²) in [4.78, 5) is 24.7. The predicted molar refractivity (Wildman–Crippen MR) is 105 cm³/mol. The number of hydrazone groups is 1. The molecule has 6 nitrogen and oxygen atoms in total. The molecular weight excluding hydrogens is 356 g/mol. The third kappa shape index (κ3) is 3.57. The van der Waals surface area contributed by atoms with Crippen LogP contribution < -0.4 is 0 Å². The lowest BCUT2D eigenvalue weighted by Crippen LogP contribution is -2.28. The Balaban J connectivity index is 1.42. The van der Waals surface area contributed by atoms with Crippen molar-refractivity contribution in [1.29, 1.82) is 0 Å². The number of amides is 1. The zero-order chi connectivity index (χ0) is 19.5. The van der Waals surface area contributed by atoms with E-state index in [1.54, 1.807) is 6.07 Å². The maximum Gasteiger partial charge on any atom is 0.342 e. The fourth-order valence-corrected chi connectivity index (χ4v) is 3.14. The number of rotatable bonds is 4. The molecule has 3 aromatic rings. The van der Waals surface area contributed by atoms with E-state index >= 15 is 0 Å². The van der Waals surface area contributed by atoms with E-state index in [0.29, 0.717) is 13.0 Å². The molecule has 28 heavy (non-hydrogen) atoms. The molecule has 3 aromatic carbocycles. The molecule has 0 radical (unpaired) electrons. The molecule has 140 valence electrons. The maximum atomic E-state index is 12.3. The number of ether oxygens (including phenoxy) is 1. The molecule has 0 bridgehead atoms. The number of phenols is 1. The lowest BCUT2D eigenvalue weighted by molar-refractivity contribution is -0.134. The van der Waals surface area contributed by atoms with Gasteiger partial charge >= 0.3 is 5.97 Å². The van der Waals surface area contributed by atoms with Crippen LogP contribution in [-0.4, -0.2) is 40.9 Å². The second kappa shape index (κ2) is 7.52. The van der Waals surface area contributed by atoms with E-state index in [1.807, 2.05) is 54.6 Å². The lowest BCUT2D eigenvalue weighted by atomic mass is 10.1. The van der Waals surface area contributed by atoms with Crippen molar-refractivity contribution in [3.8, 4) is 5.75 Å². The summed E-state index contributed by atoms with van der Waals surface area (Å²) in [5, 5.41) is 17.4. The van der Waals surface area contributed by atoms with Crippen molar-refractivity contribution >= 4 is 28.4 Å². The van der Waals surface area contributed by atoms with Crippen molar-refractivity contribution in [2.24, 2.45) is 5.10 Å². The molecule has 1 amide bonds. The molecule has 0 saturated carbocycles. The summed E-state index contributed by atoms with van der Waals surface area (Å²) in [6, 6.07) is 20.1. The van der Waals surface area contributed by atoms with Crippen molar-refractivity contribution in [2.45, 2.75) is 6.42 Å². The van der Waals surface area contributed by atoms with Crippen LogP contribution in [0.5, 0.6) is 5.75 Å². The Morgan fingerprint density at radius 1 is 1.00 bits per heavy atom. The molecule has 1 heterocycles.